The van der Waals surface area contributed by atoms with Crippen molar-refractivity contribution in [3.05, 3.63) is 34.5 Å². The highest BCUT2D eigenvalue weighted by atomic mass is 35.5. The highest BCUT2D eigenvalue weighted by molar-refractivity contribution is 7.99. The van der Waals surface area contributed by atoms with Crippen LogP contribution < -0.4 is 0 Å². The molecular weight excluding hydrogens is 268 g/mol. The van der Waals surface area contributed by atoms with Crippen LogP contribution >= 0.6 is 23.4 Å². The molecule has 6 heteroatoms. The third-order valence-corrected chi connectivity index (χ3v) is 3.59. The van der Waals surface area contributed by atoms with Crippen LogP contribution in [0.5, 0.6) is 0 Å². The smallest absolute Gasteiger partial charge is 0.194 e. The number of nitrogens with zero attached hydrogens (tertiary/aromatic N) is 4. The Morgan fingerprint density at radius 1 is 1.17 bits per heavy atom. The van der Waals surface area contributed by atoms with Crippen LogP contribution in [0.1, 0.15) is 23.9 Å². The van der Waals surface area contributed by atoms with Crippen LogP contribution in [0.2, 0.25) is 5.15 Å². The highest BCUT2D eigenvalue weighted by Crippen LogP contribution is 2.29. The van der Waals surface area contributed by atoms with Gasteiger partial charge in [0.2, 0.25) is 0 Å². The fourth-order valence-corrected chi connectivity index (χ4v) is 2.93. The first-order chi connectivity index (χ1) is 8.60. The molecule has 4 nitrogen and oxygen atoms in total. The van der Waals surface area contributed by atoms with Crippen LogP contribution in [0.15, 0.2) is 22.6 Å². The van der Waals surface area contributed by atoms with Gasteiger partial charge in [0.15, 0.2) is 5.16 Å². The van der Waals surface area contributed by atoms with Crippen LogP contribution in [0.25, 0.3) is 0 Å². The number of hydrogen-bond acceptors (Lipinski definition) is 5. The summed E-state index contributed by atoms with van der Waals surface area (Å²) in [4.78, 5) is 17.0. The van der Waals surface area contributed by atoms with E-state index in [4.69, 9.17) is 11.6 Å². The normalized spacial score (nSPS) is 10.7. The maximum absolute atomic E-state index is 6.05. The summed E-state index contributed by atoms with van der Waals surface area (Å²) >= 11 is 7.48. The number of aromatic nitrogens is 4. The molecule has 18 heavy (non-hydrogen) atoms. The minimum Gasteiger partial charge on any atom is -0.229 e. The van der Waals surface area contributed by atoms with Gasteiger partial charge in [-0.3, -0.25) is 0 Å². The molecule has 0 atom stereocenters. The van der Waals surface area contributed by atoms with Crippen molar-refractivity contribution < 1.29 is 0 Å². The van der Waals surface area contributed by atoms with E-state index < -0.39 is 0 Å². The second-order valence-electron chi connectivity index (χ2n) is 3.84. The average molecular weight is 281 g/mol. The molecule has 2 heterocycles. The number of halogens is 1. The molecule has 0 amide bonds. The molecular formula is C12H13ClN4S. The van der Waals surface area contributed by atoms with Crippen molar-refractivity contribution in [2.24, 2.45) is 0 Å². The number of aryl methyl sites for hydroxylation is 2. The molecule has 0 N–H and O–H groups in total. The molecule has 2 aromatic heterocycles. The molecule has 0 saturated heterocycles. The Morgan fingerprint density at radius 2 is 1.83 bits per heavy atom. The van der Waals surface area contributed by atoms with E-state index in [1.165, 1.54) is 18.1 Å². The van der Waals surface area contributed by atoms with E-state index in [-0.39, 0.29) is 0 Å². The molecule has 0 saturated carbocycles. The third kappa shape index (κ3) is 2.97. The molecule has 0 aliphatic rings. The topological polar surface area (TPSA) is 51.6 Å². The summed E-state index contributed by atoms with van der Waals surface area (Å²) in [6.45, 7) is 5.93. The van der Waals surface area contributed by atoms with Crippen molar-refractivity contribution >= 4 is 23.4 Å². The zero-order chi connectivity index (χ0) is 13.1. The lowest BCUT2D eigenvalue weighted by Crippen LogP contribution is -1.97. The van der Waals surface area contributed by atoms with Gasteiger partial charge in [0.05, 0.1) is 0 Å². The first-order valence-corrected chi connectivity index (χ1v) is 6.79. The third-order valence-electron chi connectivity index (χ3n) is 2.36. The SMILES string of the molecule is CCc1c(Cl)ncnc1Sc1nc(C)cc(C)n1. The summed E-state index contributed by atoms with van der Waals surface area (Å²) in [5, 5.41) is 2.01. The van der Waals surface area contributed by atoms with Crippen LogP contribution in [0, 0.1) is 13.8 Å². The molecule has 0 bridgehead atoms. The summed E-state index contributed by atoms with van der Waals surface area (Å²) in [5.41, 5.74) is 2.83. The fraction of sp³-hybridized carbons (Fsp3) is 0.333. The van der Waals surface area contributed by atoms with E-state index in [0.29, 0.717) is 10.3 Å². The van der Waals surface area contributed by atoms with Gasteiger partial charge >= 0.3 is 0 Å². The minimum atomic E-state index is 0.499. The first-order valence-electron chi connectivity index (χ1n) is 5.59. The summed E-state index contributed by atoms with van der Waals surface area (Å²) in [6.07, 6.45) is 2.25. The lowest BCUT2D eigenvalue weighted by molar-refractivity contribution is 0.888. The summed E-state index contributed by atoms with van der Waals surface area (Å²) in [5.74, 6) is 0. The Hall–Kier alpha value is -1.20. The monoisotopic (exact) mass is 280 g/mol. The second kappa shape index (κ2) is 5.63. The van der Waals surface area contributed by atoms with Gasteiger partial charge in [0.25, 0.3) is 0 Å². The lowest BCUT2D eigenvalue weighted by Gasteiger charge is -2.07. The summed E-state index contributed by atoms with van der Waals surface area (Å²) < 4.78 is 0. The van der Waals surface area contributed by atoms with Gasteiger partial charge in [-0.2, -0.15) is 0 Å². The zero-order valence-corrected chi connectivity index (χ0v) is 12.0. The maximum atomic E-state index is 6.05. The summed E-state index contributed by atoms with van der Waals surface area (Å²) in [6, 6.07) is 1.94. The molecule has 0 aliphatic heterocycles. The van der Waals surface area contributed by atoms with Crippen molar-refractivity contribution in [2.45, 2.75) is 37.4 Å². The molecule has 0 spiro atoms. The number of rotatable bonds is 3. The fourth-order valence-electron chi connectivity index (χ4n) is 1.59. The molecule has 2 rings (SSSR count). The molecule has 0 aliphatic carbocycles. The van der Waals surface area contributed by atoms with Gasteiger partial charge in [-0.1, -0.05) is 18.5 Å². The Balaban J connectivity index is 2.36. The molecule has 0 unspecified atom stereocenters. The predicted octanol–water partition coefficient (Wildman–Crippen LogP) is 3.25. The van der Waals surface area contributed by atoms with Gasteiger partial charge in [-0.25, -0.2) is 19.9 Å². The van der Waals surface area contributed by atoms with E-state index in [1.807, 2.05) is 26.8 Å². The quantitative estimate of drug-likeness (QED) is 0.638. The van der Waals surface area contributed by atoms with E-state index in [9.17, 15) is 0 Å². The van der Waals surface area contributed by atoms with Crippen molar-refractivity contribution in [1.29, 1.82) is 0 Å². The van der Waals surface area contributed by atoms with Gasteiger partial charge in [-0.15, -0.1) is 0 Å². The van der Waals surface area contributed by atoms with Gasteiger partial charge in [-0.05, 0) is 38.1 Å². The average Bonchev–Trinajstić information content (AvgIpc) is 2.27. The largest absolute Gasteiger partial charge is 0.229 e. The predicted molar refractivity (Wildman–Crippen MR) is 72.0 cm³/mol. The van der Waals surface area contributed by atoms with Crippen LogP contribution in [0.3, 0.4) is 0 Å². The van der Waals surface area contributed by atoms with Crippen molar-refractivity contribution in [3.8, 4) is 0 Å². The second-order valence-corrected chi connectivity index (χ2v) is 5.15. The molecule has 0 aromatic carbocycles. The van der Waals surface area contributed by atoms with E-state index >= 15 is 0 Å². The van der Waals surface area contributed by atoms with Gasteiger partial charge in [0, 0.05) is 17.0 Å². The molecule has 94 valence electrons. The van der Waals surface area contributed by atoms with E-state index in [2.05, 4.69) is 19.9 Å². The number of hydrogen-bond donors (Lipinski definition) is 0. The van der Waals surface area contributed by atoms with Crippen LogP contribution in [-0.4, -0.2) is 19.9 Å². The highest BCUT2D eigenvalue weighted by Gasteiger charge is 2.11. The van der Waals surface area contributed by atoms with Gasteiger partial charge < -0.3 is 0 Å². The van der Waals surface area contributed by atoms with Crippen LogP contribution in [-0.2, 0) is 6.42 Å². The van der Waals surface area contributed by atoms with Crippen molar-refractivity contribution in [2.75, 3.05) is 0 Å². The van der Waals surface area contributed by atoms with Crippen LogP contribution in [0.4, 0.5) is 0 Å². The molecule has 0 fully saturated rings. The Bertz CT molecular complexity index is 554. The standard InChI is InChI=1S/C12H13ClN4S/c1-4-9-10(13)14-6-15-11(9)18-12-16-7(2)5-8(3)17-12/h5-6H,4H2,1-3H3. The Kier molecular flexibility index (Phi) is 4.14. The van der Waals surface area contributed by atoms with E-state index in [0.717, 1.165) is 28.4 Å². The molecule has 0 radical (unpaired) electrons. The lowest BCUT2D eigenvalue weighted by atomic mass is 10.3. The van der Waals surface area contributed by atoms with Crippen molar-refractivity contribution in [3.63, 3.8) is 0 Å². The maximum Gasteiger partial charge on any atom is 0.194 e. The minimum absolute atomic E-state index is 0.499. The Morgan fingerprint density at radius 3 is 2.44 bits per heavy atom. The van der Waals surface area contributed by atoms with Crippen molar-refractivity contribution in [1.82, 2.24) is 19.9 Å². The first kappa shape index (κ1) is 13.2. The van der Waals surface area contributed by atoms with E-state index in [1.54, 1.807) is 0 Å². The van der Waals surface area contributed by atoms with Gasteiger partial charge in [0.1, 0.15) is 16.5 Å². The zero-order valence-electron chi connectivity index (χ0n) is 10.4. The molecule has 2 aromatic rings. The summed E-state index contributed by atoms with van der Waals surface area (Å²) in [7, 11) is 0. The Labute approximate surface area is 115 Å².